The fraction of sp³-hybridized carbons (Fsp3) is 0.0625. The zero-order valence-electron chi connectivity index (χ0n) is 12.6. The normalized spacial score (nSPS) is 11.6. The van der Waals surface area contributed by atoms with E-state index >= 15 is 0 Å². The SMILES string of the molecule is O=C(O)c1cc(-c2cccnc2)n(-c2c(Cl)cc(C(F)(F)F)cc2Cl)n1. The summed E-state index contributed by atoms with van der Waals surface area (Å²) < 4.78 is 39.8. The number of carbonyl (C=O) groups is 1. The lowest BCUT2D eigenvalue weighted by Crippen LogP contribution is -2.08. The van der Waals surface area contributed by atoms with Crippen LogP contribution in [0.4, 0.5) is 13.2 Å². The van der Waals surface area contributed by atoms with E-state index in [1.165, 1.54) is 18.5 Å². The molecule has 0 aliphatic heterocycles. The Bertz CT molecular complexity index is 965. The Labute approximate surface area is 154 Å². The molecule has 0 radical (unpaired) electrons. The highest BCUT2D eigenvalue weighted by atomic mass is 35.5. The highest BCUT2D eigenvalue weighted by Crippen LogP contribution is 2.38. The molecule has 1 N–H and O–H groups in total. The summed E-state index contributed by atoms with van der Waals surface area (Å²) in [6, 6.07) is 5.92. The van der Waals surface area contributed by atoms with Gasteiger partial charge in [0.2, 0.25) is 0 Å². The van der Waals surface area contributed by atoms with Gasteiger partial charge in [-0.1, -0.05) is 23.2 Å². The number of hydrogen-bond acceptors (Lipinski definition) is 3. The van der Waals surface area contributed by atoms with Gasteiger partial charge in [-0.2, -0.15) is 18.3 Å². The van der Waals surface area contributed by atoms with Crippen LogP contribution < -0.4 is 0 Å². The zero-order valence-corrected chi connectivity index (χ0v) is 14.1. The molecule has 0 amide bonds. The molecule has 3 aromatic rings. The molecule has 0 saturated carbocycles. The number of alkyl halides is 3. The Kier molecular flexibility index (Phi) is 4.64. The minimum atomic E-state index is -4.63. The van der Waals surface area contributed by atoms with E-state index in [0.717, 1.165) is 4.68 Å². The van der Waals surface area contributed by atoms with Crippen molar-refractivity contribution in [2.24, 2.45) is 0 Å². The first kappa shape index (κ1) is 18.2. The Balaban J connectivity index is 2.26. The maximum atomic E-state index is 12.9. The molecule has 2 heterocycles. The topological polar surface area (TPSA) is 68.0 Å². The number of nitrogens with zero attached hydrogens (tertiary/aromatic N) is 3. The Morgan fingerprint density at radius 2 is 1.81 bits per heavy atom. The molecule has 0 bridgehead atoms. The fourth-order valence-electron chi connectivity index (χ4n) is 2.31. The zero-order chi connectivity index (χ0) is 19.1. The van der Waals surface area contributed by atoms with Crippen molar-refractivity contribution < 1.29 is 23.1 Å². The Hall–Kier alpha value is -2.58. The third kappa shape index (κ3) is 3.38. The van der Waals surface area contributed by atoms with E-state index in [4.69, 9.17) is 23.2 Å². The van der Waals surface area contributed by atoms with E-state index in [-0.39, 0.29) is 27.1 Å². The number of rotatable bonds is 3. The molecular weight excluding hydrogens is 394 g/mol. The van der Waals surface area contributed by atoms with Crippen molar-refractivity contribution in [2.75, 3.05) is 0 Å². The molecule has 0 aliphatic carbocycles. The summed E-state index contributed by atoms with van der Waals surface area (Å²) in [4.78, 5) is 15.2. The molecule has 26 heavy (non-hydrogen) atoms. The number of aromatic carboxylic acids is 1. The van der Waals surface area contributed by atoms with Crippen LogP contribution in [0, 0.1) is 0 Å². The maximum Gasteiger partial charge on any atom is 0.416 e. The number of carboxylic acid groups (broad SMARTS) is 1. The van der Waals surface area contributed by atoms with Crippen LogP contribution in [-0.2, 0) is 6.18 Å². The number of carboxylic acids is 1. The number of aromatic nitrogens is 3. The van der Waals surface area contributed by atoms with Gasteiger partial charge in [-0.25, -0.2) is 9.48 Å². The first-order valence-corrected chi connectivity index (χ1v) is 7.74. The summed E-state index contributed by atoms with van der Waals surface area (Å²) in [6.45, 7) is 0. The quantitative estimate of drug-likeness (QED) is 0.673. The molecule has 3 rings (SSSR count). The highest BCUT2D eigenvalue weighted by Gasteiger charge is 2.32. The summed E-state index contributed by atoms with van der Waals surface area (Å²) in [5.74, 6) is -1.31. The summed E-state index contributed by atoms with van der Waals surface area (Å²) >= 11 is 12.0. The lowest BCUT2D eigenvalue weighted by atomic mass is 10.1. The van der Waals surface area contributed by atoms with Crippen LogP contribution in [-0.4, -0.2) is 25.8 Å². The summed E-state index contributed by atoms with van der Waals surface area (Å²) in [7, 11) is 0. The molecular formula is C16H8Cl2F3N3O2. The van der Waals surface area contributed by atoms with Gasteiger partial charge in [0.05, 0.1) is 21.3 Å². The van der Waals surface area contributed by atoms with E-state index in [2.05, 4.69) is 10.1 Å². The first-order chi connectivity index (χ1) is 12.2. The van der Waals surface area contributed by atoms with Gasteiger partial charge in [-0.05, 0) is 30.3 Å². The van der Waals surface area contributed by atoms with E-state index < -0.39 is 17.7 Å². The van der Waals surface area contributed by atoms with Gasteiger partial charge < -0.3 is 5.11 Å². The molecule has 5 nitrogen and oxygen atoms in total. The monoisotopic (exact) mass is 401 g/mol. The lowest BCUT2D eigenvalue weighted by molar-refractivity contribution is -0.137. The number of halogens is 5. The van der Waals surface area contributed by atoms with Crippen LogP contribution in [0.5, 0.6) is 0 Å². The van der Waals surface area contributed by atoms with Crippen LogP contribution in [0.25, 0.3) is 16.9 Å². The molecule has 0 unspecified atom stereocenters. The second-order valence-electron chi connectivity index (χ2n) is 5.16. The van der Waals surface area contributed by atoms with Gasteiger partial charge in [-0.15, -0.1) is 0 Å². The average Bonchev–Trinajstić information content (AvgIpc) is 2.99. The van der Waals surface area contributed by atoms with Crippen molar-refractivity contribution >= 4 is 29.2 Å². The van der Waals surface area contributed by atoms with Crippen molar-refractivity contribution in [1.82, 2.24) is 14.8 Å². The average molecular weight is 402 g/mol. The highest BCUT2D eigenvalue weighted by molar-refractivity contribution is 6.38. The van der Waals surface area contributed by atoms with Crippen molar-refractivity contribution in [2.45, 2.75) is 6.18 Å². The van der Waals surface area contributed by atoms with Crippen molar-refractivity contribution in [3.05, 3.63) is 64.0 Å². The largest absolute Gasteiger partial charge is 0.476 e. The van der Waals surface area contributed by atoms with E-state index in [9.17, 15) is 23.1 Å². The van der Waals surface area contributed by atoms with Crippen LogP contribution in [0.2, 0.25) is 10.0 Å². The van der Waals surface area contributed by atoms with Crippen molar-refractivity contribution in [1.29, 1.82) is 0 Å². The molecule has 0 spiro atoms. The number of hydrogen-bond donors (Lipinski definition) is 1. The summed E-state index contributed by atoms with van der Waals surface area (Å²) in [5, 5.41) is 12.5. The predicted octanol–water partition coefficient (Wildman–Crippen LogP) is 4.96. The number of pyridine rings is 1. The van der Waals surface area contributed by atoms with Crippen molar-refractivity contribution in [3.8, 4) is 16.9 Å². The second-order valence-corrected chi connectivity index (χ2v) is 5.97. The second kappa shape index (κ2) is 6.62. The van der Waals surface area contributed by atoms with Crippen LogP contribution in [0.3, 0.4) is 0 Å². The Morgan fingerprint density at radius 3 is 2.31 bits per heavy atom. The van der Waals surface area contributed by atoms with Gasteiger partial charge in [0, 0.05) is 18.0 Å². The summed E-state index contributed by atoms with van der Waals surface area (Å²) in [6.07, 6.45) is -1.67. The van der Waals surface area contributed by atoms with Gasteiger partial charge in [0.15, 0.2) is 5.69 Å². The third-order valence-corrected chi connectivity index (χ3v) is 4.02. The van der Waals surface area contributed by atoms with Gasteiger partial charge in [-0.3, -0.25) is 4.98 Å². The molecule has 1 aromatic carbocycles. The molecule has 0 fully saturated rings. The van der Waals surface area contributed by atoms with E-state index in [0.29, 0.717) is 17.7 Å². The molecule has 134 valence electrons. The minimum absolute atomic E-state index is 0.0623. The molecule has 0 aliphatic rings. The van der Waals surface area contributed by atoms with Gasteiger partial charge >= 0.3 is 12.1 Å². The Morgan fingerprint density at radius 1 is 1.15 bits per heavy atom. The molecule has 0 atom stereocenters. The number of benzene rings is 1. The third-order valence-electron chi connectivity index (χ3n) is 3.44. The predicted molar refractivity (Wildman–Crippen MR) is 88.8 cm³/mol. The van der Waals surface area contributed by atoms with Crippen LogP contribution in [0.1, 0.15) is 16.1 Å². The van der Waals surface area contributed by atoms with E-state index in [1.807, 2.05) is 0 Å². The first-order valence-electron chi connectivity index (χ1n) is 6.99. The minimum Gasteiger partial charge on any atom is -0.476 e. The molecule has 2 aromatic heterocycles. The summed E-state index contributed by atoms with van der Waals surface area (Å²) in [5.41, 5.74) is -0.660. The maximum absolute atomic E-state index is 12.9. The van der Waals surface area contributed by atoms with Gasteiger partial charge in [0.1, 0.15) is 5.69 Å². The van der Waals surface area contributed by atoms with E-state index in [1.54, 1.807) is 12.1 Å². The van der Waals surface area contributed by atoms with Gasteiger partial charge in [0.25, 0.3) is 0 Å². The van der Waals surface area contributed by atoms with Crippen LogP contribution >= 0.6 is 23.2 Å². The lowest BCUT2D eigenvalue weighted by Gasteiger charge is -2.14. The molecule has 10 heteroatoms. The smallest absolute Gasteiger partial charge is 0.416 e. The van der Waals surface area contributed by atoms with Crippen LogP contribution in [0.15, 0.2) is 42.7 Å². The standard InChI is InChI=1S/C16H8Cl2F3N3O2/c17-10-4-9(16(19,20)21)5-11(18)14(10)24-13(6-12(23-24)15(25)26)8-2-1-3-22-7-8/h1-7H,(H,25,26). The van der Waals surface area contributed by atoms with Crippen molar-refractivity contribution in [3.63, 3.8) is 0 Å². The molecule has 0 saturated heterocycles. The fourth-order valence-corrected chi connectivity index (χ4v) is 2.95.